The smallest absolute Gasteiger partial charge is 0.387 e. The van der Waals surface area contributed by atoms with E-state index in [-0.39, 0.29) is 28.7 Å². The minimum absolute atomic E-state index is 0.0417. The molecule has 1 aromatic carbocycles. The molecule has 0 aliphatic carbocycles. The molecule has 0 radical (unpaired) electrons. The van der Waals surface area contributed by atoms with Crippen molar-refractivity contribution in [3.63, 3.8) is 0 Å². The molecule has 1 rings (SSSR count). The zero-order valence-electron chi connectivity index (χ0n) is 8.12. The SMILES string of the molecule is O=C(CCl)Cc1cccc(S)c1OC(F)F. The second-order valence-corrected chi connectivity index (χ2v) is 3.74. The number of para-hydroxylation sites is 1. The number of thiol groups is 1. The summed E-state index contributed by atoms with van der Waals surface area (Å²) in [4.78, 5) is 11.4. The van der Waals surface area contributed by atoms with E-state index in [9.17, 15) is 13.6 Å². The number of hydrogen-bond donors (Lipinski definition) is 1. The van der Waals surface area contributed by atoms with Crippen molar-refractivity contribution in [1.82, 2.24) is 0 Å². The molecule has 0 bridgehead atoms. The second kappa shape index (κ2) is 6.06. The number of halogens is 3. The lowest BCUT2D eigenvalue weighted by molar-refractivity contribution is -0.116. The Bertz CT molecular complexity index is 385. The van der Waals surface area contributed by atoms with E-state index in [2.05, 4.69) is 17.4 Å². The number of carbonyl (C=O) groups excluding carboxylic acids is 1. The number of benzene rings is 1. The van der Waals surface area contributed by atoms with Gasteiger partial charge in [-0.2, -0.15) is 8.78 Å². The fraction of sp³-hybridized carbons (Fsp3) is 0.300. The molecule has 0 saturated heterocycles. The highest BCUT2D eigenvalue weighted by atomic mass is 35.5. The van der Waals surface area contributed by atoms with Gasteiger partial charge in [0.15, 0.2) is 5.78 Å². The molecule has 0 saturated carbocycles. The molecule has 0 aliphatic rings. The standard InChI is InChI=1S/C10H9ClF2O2S/c11-5-7(14)4-6-2-1-3-8(16)9(6)15-10(12)13/h1-3,10,16H,4-5H2. The highest BCUT2D eigenvalue weighted by molar-refractivity contribution is 7.80. The van der Waals surface area contributed by atoms with Gasteiger partial charge in [-0.05, 0) is 6.07 Å². The van der Waals surface area contributed by atoms with E-state index in [0.29, 0.717) is 5.56 Å². The van der Waals surface area contributed by atoms with E-state index in [4.69, 9.17) is 11.6 Å². The van der Waals surface area contributed by atoms with E-state index in [0.717, 1.165) is 0 Å². The molecule has 6 heteroatoms. The van der Waals surface area contributed by atoms with Gasteiger partial charge < -0.3 is 4.74 Å². The van der Waals surface area contributed by atoms with Gasteiger partial charge in [0.2, 0.25) is 0 Å². The van der Waals surface area contributed by atoms with Crippen LogP contribution in [0.25, 0.3) is 0 Å². The van der Waals surface area contributed by atoms with Crippen LogP contribution in [0.1, 0.15) is 5.56 Å². The summed E-state index contributed by atoms with van der Waals surface area (Å²) in [5, 5.41) is 0. The molecule has 0 spiro atoms. The molecule has 0 atom stereocenters. The third kappa shape index (κ3) is 3.64. The number of ether oxygens (including phenoxy) is 1. The number of Topliss-reactive ketones (excluding diaryl/α,β-unsaturated/α-hetero) is 1. The quantitative estimate of drug-likeness (QED) is 0.655. The van der Waals surface area contributed by atoms with Crippen molar-refractivity contribution in [2.24, 2.45) is 0 Å². The van der Waals surface area contributed by atoms with Crippen LogP contribution in [0.5, 0.6) is 5.75 Å². The van der Waals surface area contributed by atoms with E-state index < -0.39 is 6.61 Å². The molecular weight excluding hydrogens is 258 g/mol. The van der Waals surface area contributed by atoms with Crippen molar-refractivity contribution in [1.29, 1.82) is 0 Å². The highest BCUT2D eigenvalue weighted by Crippen LogP contribution is 2.29. The van der Waals surface area contributed by atoms with Gasteiger partial charge in [0, 0.05) is 16.9 Å². The Morgan fingerprint density at radius 2 is 2.19 bits per heavy atom. The van der Waals surface area contributed by atoms with Crippen LogP contribution in [-0.4, -0.2) is 18.3 Å². The van der Waals surface area contributed by atoms with Crippen LogP contribution >= 0.6 is 24.2 Å². The fourth-order valence-electron chi connectivity index (χ4n) is 1.20. The molecule has 0 aromatic heterocycles. The van der Waals surface area contributed by atoms with Crippen molar-refractivity contribution in [2.45, 2.75) is 17.9 Å². The third-order valence-corrected chi connectivity index (χ3v) is 2.47. The van der Waals surface area contributed by atoms with Crippen LogP contribution in [0.2, 0.25) is 0 Å². The van der Waals surface area contributed by atoms with Gasteiger partial charge in [-0.25, -0.2) is 0 Å². The van der Waals surface area contributed by atoms with E-state index in [1.165, 1.54) is 12.1 Å². The normalized spacial score (nSPS) is 10.6. The Hall–Kier alpha value is -0.810. The Balaban J connectivity index is 2.98. The third-order valence-electron chi connectivity index (χ3n) is 1.82. The first-order valence-electron chi connectivity index (χ1n) is 4.38. The Kier molecular flexibility index (Phi) is 5.02. The maximum atomic E-state index is 12.1. The summed E-state index contributed by atoms with van der Waals surface area (Å²) in [6.07, 6.45) is -0.0417. The van der Waals surface area contributed by atoms with E-state index in [1.807, 2.05) is 0 Å². The van der Waals surface area contributed by atoms with Gasteiger partial charge in [-0.15, -0.1) is 24.2 Å². The van der Waals surface area contributed by atoms with E-state index in [1.54, 1.807) is 6.07 Å². The van der Waals surface area contributed by atoms with E-state index >= 15 is 0 Å². The second-order valence-electron chi connectivity index (χ2n) is 2.99. The minimum atomic E-state index is -2.95. The number of carbonyl (C=O) groups is 1. The summed E-state index contributed by atoms with van der Waals surface area (Å²) >= 11 is 9.33. The molecule has 1 aromatic rings. The first-order chi connectivity index (χ1) is 7.54. The molecule has 0 heterocycles. The van der Waals surface area contributed by atoms with Crippen LogP contribution in [0.15, 0.2) is 23.1 Å². The zero-order valence-corrected chi connectivity index (χ0v) is 9.77. The van der Waals surface area contributed by atoms with Crippen molar-refractivity contribution >= 4 is 30.0 Å². The lowest BCUT2D eigenvalue weighted by atomic mass is 10.1. The fourth-order valence-corrected chi connectivity index (χ4v) is 1.57. The van der Waals surface area contributed by atoms with Gasteiger partial charge in [0.25, 0.3) is 0 Å². The lowest BCUT2D eigenvalue weighted by Gasteiger charge is -2.11. The van der Waals surface area contributed by atoms with Crippen LogP contribution in [0, 0.1) is 0 Å². The molecule has 0 amide bonds. The molecule has 88 valence electrons. The van der Waals surface area contributed by atoms with Crippen LogP contribution < -0.4 is 4.74 Å². The van der Waals surface area contributed by atoms with Crippen LogP contribution in [0.3, 0.4) is 0 Å². The predicted molar refractivity (Wildman–Crippen MR) is 59.8 cm³/mol. The van der Waals surface area contributed by atoms with Crippen LogP contribution in [0.4, 0.5) is 8.78 Å². The van der Waals surface area contributed by atoms with Gasteiger partial charge >= 0.3 is 6.61 Å². The Morgan fingerprint density at radius 3 is 2.75 bits per heavy atom. The number of hydrogen-bond acceptors (Lipinski definition) is 3. The first kappa shape index (κ1) is 13.3. The molecule has 0 unspecified atom stereocenters. The Labute approximate surface area is 102 Å². The maximum absolute atomic E-state index is 12.1. The molecule has 0 fully saturated rings. The van der Waals surface area contributed by atoms with Crippen molar-refractivity contribution < 1.29 is 18.3 Å². The first-order valence-corrected chi connectivity index (χ1v) is 5.36. The summed E-state index contributed by atoms with van der Waals surface area (Å²) < 4.78 is 28.6. The summed E-state index contributed by atoms with van der Waals surface area (Å²) in [6.45, 7) is -2.95. The summed E-state index contributed by atoms with van der Waals surface area (Å²) in [5.41, 5.74) is 0.360. The Morgan fingerprint density at radius 1 is 1.50 bits per heavy atom. The molecule has 2 nitrogen and oxygen atoms in total. The summed E-state index contributed by atoms with van der Waals surface area (Å²) in [6, 6.07) is 4.65. The highest BCUT2D eigenvalue weighted by Gasteiger charge is 2.14. The largest absolute Gasteiger partial charge is 0.433 e. The van der Waals surface area contributed by atoms with Gasteiger partial charge in [0.05, 0.1) is 5.88 Å². The molecule has 0 N–H and O–H groups in total. The number of alkyl halides is 3. The number of rotatable bonds is 5. The topological polar surface area (TPSA) is 26.3 Å². The van der Waals surface area contributed by atoms with Crippen molar-refractivity contribution in [2.75, 3.05) is 5.88 Å². The van der Waals surface area contributed by atoms with Gasteiger partial charge in [-0.1, -0.05) is 12.1 Å². The average molecular weight is 267 g/mol. The molecule has 0 aliphatic heterocycles. The summed E-state index contributed by atoms with van der Waals surface area (Å²) in [5.74, 6) is -0.496. The monoisotopic (exact) mass is 266 g/mol. The molecular formula is C10H9ClF2O2S. The zero-order chi connectivity index (χ0) is 12.1. The summed E-state index contributed by atoms with van der Waals surface area (Å²) in [7, 11) is 0. The predicted octanol–water partition coefficient (Wildman–Crippen LogP) is 2.93. The molecule has 16 heavy (non-hydrogen) atoms. The maximum Gasteiger partial charge on any atom is 0.387 e. The van der Waals surface area contributed by atoms with Crippen LogP contribution in [-0.2, 0) is 11.2 Å². The van der Waals surface area contributed by atoms with Crippen molar-refractivity contribution in [3.8, 4) is 5.75 Å². The average Bonchev–Trinajstić information content (AvgIpc) is 2.22. The van der Waals surface area contributed by atoms with Gasteiger partial charge in [0.1, 0.15) is 5.75 Å². The van der Waals surface area contributed by atoms with Gasteiger partial charge in [-0.3, -0.25) is 4.79 Å². The minimum Gasteiger partial charge on any atom is -0.433 e. The number of ketones is 1. The lowest BCUT2D eigenvalue weighted by Crippen LogP contribution is -2.09. The van der Waals surface area contributed by atoms with Crippen molar-refractivity contribution in [3.05, 3.63) is 23.8 Å².